The molecule has 0 amide bonds. The van der Waals surface area contributed by atoms with E-state index in [9.17, 15) is 4.39 Å². The lowest BCUT2D eigenvalue weighted by Gasteiger charge is -2.40. The van der Waals surface area contributed by atoms with Crippen LogP contribution in [0.15, 0.2) is 18.2 Å². The summed E-state index contributed by atoms with van der Waals surface area (Å²) < 4.78 is 14.1. The molecule has 0 aliphatic carbocycles. The zero-order valence-corrected chi connectivity index (χ0v) is 12.9. The van der Waals surface area contributed by atoms with Crippen molar-refractivity contribution in [1.29, 1.82) is 0 Å². The van der Waals surface area contributed by atoms with Crippen molar-refractivity contribution in [3.05, 3.63) is 34.6 Å². The fourth-order valence-corrected chi connectivity index (χ4v) is 3.33. The molecular formula is C15H23ClFN3. The van der Waals surface area contributed by atoms with E-state index in [4.69, 9.17) is 17.3 Å². The van der Waals surface area contributed by atoms with E-state index in [1.54, 1.807) is 12.1 Å². The molecule has 1 aliphatic rings. The van der Waals surface area contributed by atoms with Crippen molar-refractivity contribution >= 4 is 11.6 Å². The lowest BCUT2D eigenvalue weighted by atomic mass is 9.99. The smallest absolute Gasteiger partial charge is 0.129 e. The van der Waals surface area contributed by atoms with Crippen LogP contribution in [0.25, 0.3) is 0 Å². The van der Waals surface area contributed by atoms with Crippen molar-refractivity contribution in [1.82, 2.24) is 9.80 Å². The summed E-state index contributed by atoms with van der Waals surface area (Å²) in [6.07, 6.45) is 2.28. The van der Waals surface area contributed by atoms with E-state index in [0.717, 1.165) is 25.9 Å². The van der Waals surface area contributed by atoms with Crippen LogP contribution >= 0.6 is 11.6 Å². The van der Waals surface area contributed by atoms with Crippen LogP contribution < -0.4 is 5.73 Å². The Morgan fingerprint density at radius 2 is 2.30 bits per heavy atom. The van der Waals surface area contributed by atoms with Gasteiger partial charge in [-0.05, 0) is 45.6 Å². The molecule has 1 aliphatic heterocycles. The molecule has 112 valence electrons. The van der Waals surface area contributed by atoms with Gasteiger partial charge in [-0.1, -0.05) is 17.7 Å². The van der Waals surface area contributed by atoms with Gasteiger partial charge >= 0.3 is 0 Å². The van der Waals surface area contributed by atoms with E-state index in [2.05, 4.69) is 16.8 Å². The molecule has 0 spiro atoms. The Morgan fingerprint density at radius 1 is 1.55 bits per heavy atom. The number of hydrogen-bond donors (Lipinski definition) is 1. The predicted octanol–water partition coefficient (Wildman–Crippen LogP) is 2.50. The first-order chi connectivity index (χ1) is 9.54. The fraction of sp³-hybridized carbons (Fsp3) is 0.600. The van der Waals surface area contributed by atoms with Crippen LogP contribution in [0.3, 0.4) is 0 Å². The number of piperidine rings is 1. The molecular weight excluding hydrogens is 277 g/mol. The summed E-state index contributed by atoms with van der Waals surface area (Å²) in [5, 5.41) is 0.455. The average Bonchev–Trinajstić information content (AvgIpc) is 2.42. The molecule has 5 heteroatoms. The number of rotatable bonds is 4. The van der Waals surface area contributed by atoms with Gasteiger partial charge in [-0.3, -0.25) is 4.90 Å². The van der Waals surface area contributed by atoms with Gasteiger partial charge in [-0.2, -0.15) is 0 Å². The molecule has 1 fully saturated rings. The van der Waals surface area contributed by atoms with E-state index in [0.29, 0.717) is 23.2 Å². The number of hydrogen-bond acceptors (Lipinski definition) is 3. The molecule has 0 bridgehead atoms. The third kappa shape index (κ3) is 3.31. The van der Waals surface area contributed by atoms with Gasteiger partial charge in [0.2, 0.25) is 0 Å². The Morgan fingerprint density at radius 3 is 2.90 bits per heavy atom. The SMILES string of the molecule is CN1CCCC(N(C)C(CN)c2c(F)cccc2Cl)C1. The van der Waals surface area contributed by atoms with Gasteiger partial charge in [0.25, 0.3) is 0 Å². The van der Waals surface area contributed by atoms with Crippen LogP contribution in [0.2, 0.25) is 5.02 Å². The van der Waals surface area contributed by atoms with Gasteiger partial charge in [0.1, 0.15) is 5.82 Å². The van der Waals surface area contributed by atoms with Crippen LogP contribution in [-0.4, -0.2) is 49.6 Å². The minimum absolute atomic E-state index is 0.180. The van der Waals surface area contributed by atoms with Crippen molar-refractivity contribution in [2.45, 2.75) is 24.9 Å². The third-order valence-electron chi connectivity index (χ3n) is 4.22. The molecule has 2 N–H and O–H groups in total. The molecule has 2 rings (SSSR count). The maximum atomic E-state index is 14.1. The van der Waals surface area contributed by atoms with Crippen LogP contribution in [0.5, 0.6) is 0 Å². The highest BCUT2D eigenvalue weighted by atomic mass is 35.5. The zero-order valence-electron chi connectivity index (χ0n) is 12.1. The van der Waals surface area contributed by atoms with Crippen LogP contribution in [-0.2, 0) is 0 Å². The van der Waals surface area contributed by atoms with Gasteiger partial charge in [-0.25, -0.2) is 4.39 Å². The number of benzene rings is 1. The summed E-state index contributed by atoms with van der Waals surface area (Å²) in [4.78, 5) is 4.49. The number of halogens is 2. The predicted molar refractivity (Wildman–Crippen MR) is 81.5 cm³/mol. The topological polar surface area (TPSA) is 32.5 Å². The van der Waals surface area contributed by atoms with E-state index < -0.39 is 0 Å². The summed E-state index contributed by atoms with van der Waals surface area (Å²) in [6.45, 7) is 2.47. The van der Waals surface area contributed by atoms with Gasteiger partial charge in [0.05, 0.1) is 6.04 Å². The molecule has 1 heterocycles. The van der Waals surface area contributed by atoms with E-state index in [1.165, 1.54) is 6.07 Å². The summed E-state index contributed by atoms with van der Waals surface area (Å²) in [5.74, 6) is -0.274. The maximum Gasteiger partial charge on any atom is 0.129 e. The number of nitrogens with zero attached hydrogens (tertiary/aromatic N) is 2. The second-order valence-corrected chi connectivity index (χ2v) is 6.02. The average molecular weight is 300 g/mol. The Hall–Kier alpha value is -0.680. The molecule has 0 radical (unpaired) electrons. The standard InChI is InChI=1S/C15H23ClFN3/c1-19-8-4-5-11(10-19)20(2)14(9-18)15-12(16)6-3-7-13(15)17/h3,6-7,11,14H,4-5,8-10,18H2,1-2H3. The highest BCUT2D eigenvalue weighted by molar-refractivity contribution is 6.31. The highest BCUT2D eigenvalue weighted by Crippen LogP contribution is 2.31. The number of nitrogens with two attached hydrogens (primary N) is 1. The van der Waals surface area contributed by atoms with E-state index in [1.807, 2.05) is 7.05 Å². The first-order valence-electron chi connectivity index (χ1n) is 7.09. The zero-order chi connectivity index (χ0) is 14.7. The van der Waals surface area contributed by atoms with Gasteiger partial charge in [0.15, 0.2) is 0 Å². The normalized spacial score (nSPS) is 22.2. The quantitative estimate of drug-likeness (QED) is 0.927. The maximum absolute atomic E-state index is 14.1. The second kappa shape index (κ2) is 6.85. The Labute approximate surface area is 125 Å². The van der Waals surface area contributed by atoms with Gasteiger partial charge in [0, 0.05) is 29.7 Å². The largest absolute Gasteiger partial charge is 0.329 e. The Balaban J connectivity index is 2.23. The monoisotopic (exact) mass is 299 g/mol. The van der Waals surface area contributed by atoms with Crippen LogP contribution in [0, 0.1) is 5.82 Å². The summed E-state index contributed by atoms with van der Waals surface area (Å²) in [5.41, 5.74) is 6.42. The summed E-state index contributed by atoms with van der Waals surface area (Å²) >= 11 is 6.18. The van der Waals surface area contributed by atoms with Gasteiger partial charge in [-0.15, -0.1) is 0 Å². The molecule has 1 aromatic rings. The fourth-order valence-electron chi connectivity index (χ4n) is 3.04. The highest BCUT2D eigenvalue weighted by Gasteiger charge is 2.29. The molecule has 2 unspecified atom stereocenters. The van der Waals surface area contributed by atoms with Crippen molar-refractivity contribution in [2.75, 3.05) is 33.7 Å². The molecule has 20 heavy (non-hydrogen) atoms. The molecule has 0 aromatic heterocycles. The molecule has 0 saturated carbocycles. The minimum atomic E-state index is -0.274. The molecule has 2 atom stereocenters. The van der Waals surface area contributed by atoms with E-state index >= 15 is 0 Å². The lowest BCUT2D eigenvalue weighted by Crippen LogP contribution is -2.47. The number of likely N-dealkylation sites (N-methyl/N-ethyl adjacent to an activating group) is 2. The van der Waals surface area contributed by atoms with Crippen molar-refractivity contribution in [3.63, 3.8) is 0 Å². The van der Waals surface area contributed by atoms with Crippen molar-refractivity contribution < 1.29 is 4.39 Å². The molecule has 3 nitrogen and oxygen atoms in total. The number of likely N-dealkylation sites (tertiary alicyclic amines) is 1. The Bertz CT molecular complexity index is 434. The summed E-state index contributed by atoms with van der Waals surface area (Å²) in [6, 6.07) is 5.01. The second-order valence-electron chi connectivity index (χ2n) is 5.61. The van der Waals surface area contributed by atoms with Crippen molar-refractivity contribution in [2.24, 2.45) is 5.73 Å². The first-order valence-corrected chi connectivity index (χ1v) is 7.46. The van der Waals surface area contributed by atoms with Gasteiger partial charge < -0.3 is 10.6 Å². The lowest BCUT2D eigenvalue weighted by molar-refractivity contribution is 0.0996. The van der Waals surface area contributed by atoms with Crippen molar-refractivity contribution in [3.8, 4) is 0 Å². The Kier molecular flexibility index (Phi) is 5.38. The van der Waals surface area contributed by atoms with Crippen LogP contribution in [0.4, 0.5) is 4.39 Å². The molecule has 1 aromatic carbocycles. The first kappa shape index (κ1) is 15.7. The van der Waals surface area contributed by atoms with Crippen LogP contribution in [0.1, 0.15) is 24.4 Å². The molecule has 1 saturated heterocycles. The minimum Gasteiger partial charge on any atom is -0.329 e. The van der Waals surface area contributed by atoms with E-state index in [-0.39, 0.29) is 11.9 Å². The third-order valence-corrected chi connectivity index (χ3v) is 4.55. The summed E-state index contributed by atoms with van der Waals surface area (Å²) in [7, 11) is 4.14.